The van der Waals surface area contributed by atoms with Gasteiger partial charge in [0.1, 0.15) is 5.82 Å². The molecule has 2 rings (SSSR count). The summed E-state index contributed by atoms with van der Waals surface area (Å²) >= 11 is 1.63. The van der Waals surface area contributed by atoms with Gasteiger partial charge in [0.2, 0.25) is 0 Å². The summed E-state index contributed by atoms with van der Waals surface area (Å²) < 4.78 is 13.7. The molecule has 1 heterocycles. The lowest BCUT2D eigenvalue weighted by Crippen LogP contribution is -2.02. The predicted octanol–water partition coefficient (Wildman–Crippen LogP) is 3.58. The number of thiophene rings is 1. The molecule has 1 nitrogen and oxygen atoms in total. The van der Waals surface area contributed by atoms with Crippen molar-refractivity contribution >= 4 is 11.3 Å². The summed E-state index contributed by atoms with van der Waals surface area (Å²) in [5.41, 5.74) is 1.64. The van der Waals surface area contributed by atoms with E-state index >= 15 is 0 Å². The van der Waals surface area contributed by atoms with Gasteiger partial charge in [0.25, 0.3) is 0 Å². The van der Waals surface area contributed by atoms with Gasteiger partial charge in [-0.1, -0.05) is 12.1 Å². The fraction of sp³-hybridized carbons (Fsp3) is 0.231. The summed E-state index contributed by atoms with van der Waals surface area (Å²) in [5, 5.41) is 3.09. The highest BCUT2D eigenvalue weighted by Crippen LogP contribution is 2.30. The molecule has 0 bridgehead atoms. The lowest BCUT2D eigenvalue weighted by molar-refractivity contribution is 0.630. The van der Waals surface area contributed by atoms with Crippen molar-refractivity contribution in [2.45, 2.75) is 13.5 Å². The Labute approximate surface area is 98.9 Å². The van der Waals surface area contributed by atoms with Gasteiger partial charge >= 0.3 is 0 Å². The number of halogens is 1. The first-order valence-corrected chi connectivity index (χ1v) is 6.02. The second-order valence-corrected chi connectivity index (χ2v) is 4.95. The number of rotatable bonds is 3. The summed E-state index contributed by atoms with van der Waals surface area (Å²) in [6, 6.07) is 9.38. The molecule has 0 aliphatic rings. The van der Waals surface area contributed by atoms with Crippen molar-refractivity contribution in [3.8, 4) is 10.4 Å². The summed E-state index contributed by atoms with van der Waals surface area (Å²) in [4.78, 5) is 2.21. The zero-order valence-corrected chi connectivity index (χ0v) is 10.2. The first-order valence-electron chi connectivity index (χ1n) is 5.20. The number of hydrogen-bond donors (Lipinski definition) is 1. The zero-order chi connectivity index (χ0) is 11.5. The van der Waals surface area contributed by atoms with E-state index in [0.29, 0.717) is 5.56 Å². The van der Waals surface area contributed by atoms with Crippen LogP contribution in [-0.4, -0.2) is 7.05 Å². The van der Waals surface area contributed by atoms with Crippen LogP contribution in [0.5, 0.6) is 0 Å². The van der Waals surface area contributed by atoms with Crippen LogP contribution in [0.25, 0.3) is 10.4 Å². The number of hydrogen-bond acceptors (Lipinski definition) is 2. The Morgan fingerprint density at radius 2 is 2.06 bits per heavy atom. The van der Waals surface area contributed by atoms with E-state index < -0.39 is 0 Å². The lowest BCUT2D eigenvalue weighted by Gasteiger charge is -2.01. The van der Waals surface area contributed by atoms with Crippen LogP contribution >= 0.6 is 11.3 Å². The molecule has 1 N–H and O–H groups in total. The van der Waals surface area contributed by atoms with Crippen LogP contribution in [0.15, 0.2) is 30.3 Å². The minimum atomic E-state index is -0.141. The van der Waals surface area contributed by atoms with Gasteiger partial charge in [-0.05, 0) is 37.7 Å². The van der Waals surface area contributed by atoms with Crippen molar-refractivity contribution in [2.24, 2.45) is 0 Å². The van der Waals surface area contributed by atoms with E-state index in [1.165, 1.54) is 4.88 Å². The predicted molar refractivity (Wildman–Crippen MR) is 67.2 cm³/mol. The van der Waals surface area contributed by atoms with Crippen LogP contribution in [0.4, 0.5) is 4.39 Å². The Kier molecular flexibility index (Phi) is 3.36. The molecule has 0 atom stereocenters. The smallest absolute Gasteiger partial charge is 0.132 e. The second kappa shape index (κ2) is 4.76. The molecular formula is C13H14FNS. The molecule has 84 valence electrons. The molecule has 0 amide bonds. The molecular weight excluding hydrogens is 221 g/mol. The Balaban J connectivity index is 2.35. The summed E-state index contributed by atoms with van der Waals surface area (Å²) in [7, 11) is 1.91. The van der Waals surface area contributed by atoms with Crippen molar-refractivity contribution < 1.29 is 4.39 Å². The molecule has 0 radical (unpaired) electrons. The summed E-state index contributed by atoms with van der Waals surface area (Å²) in [5.74, 6) is -0.141. The van der Waals surface area contributed by atoms with E-state index in [-0.39, 0.29) is 5.82 Å². The van der Waals surface area contributed by atoms with Crippen molar-refractivity contribution in [1.82, 2.24) is 5.32 Å². The molecule has 0 aliphatic carbocycles. The lowest BCUT2D eigenvalue weighted by atomic mass is 10.1. The molecule has 0 saturated carbocycles. The summed E-state index contributed by atoms with van der Waals surface area (Å²) in [6.45, 7) is 2.73. The quantitative estimate of drug-likeness (QED) is 0.857. The van der Waals surface area contributed by atoms with Crippen LogP contribution in [0.1, 0.15) is 10.4 Å². The van der Waals surface area contributed by atoms with Gasteiger partial charge < -0.3 is 5.32 Å². The minimum Gasteiger partial charge on any atom is -0.315 e. The molecule has 3 heteroatoms. The highest BCUT2D eigenvalue weighted by molar-refractivity contribution is 7.15. The third-order valence-corrected chi connectivity index (χ3v) is 3.52. The van der Waals surface area contributed by atoms with Crippen LogP contribution in [0.3, 0.4) is 0 Å². The van der Waals surface area contributed by atoms with Crippen molar-refractivity contribution in [1.29, 1.82) is 0 Å². The van der Waals surface area contributed by atoms with Gasteiger partial charge in [0, 0.05) is 21.9 Å². The molecule has 0 spiro atoms. The van der Waals surface area contributed by atoms with Gasteiger partial charge in [0.05, 0.1) is 0 Å². The van der Waals surface area contributed by atoms with Gasteiger partial charge in [-0.3, -0.25) is 0 Å². The van der Waals surface area contributed by atoms with E-state index in [1.54, 1.807) is 17.4 Å². The van der Waals surface area contributed by atoms with Gasteiger partial charge in [-0.15, -0.1) is 11.3 Å². The molecule has 0 fully saturated rings. The molecule has 2 aromatic rings. The monoisotopic (exact) mass is 235 g/mol. The van der Waals surface area contributed by atoms with Crippen LogP contribution < -0.4 is 5.32 Å². The standard InChI is InChI=1S/C13H14FNS/c1-9-3-5-11(12(14)7-9)13-6-4-10(16-13)8-15-2/h3-7,15H,8H2,1-2H3. The number of nitrogens with one attached hydrogen (secondary N) is 1. The summed E-state index contributed by atoms with van der Waals surface area (Å²) in [6.07, 6.45) is 0. The van der Waals surface area contributed by atoms with E-state index in [2.05, 4.69) is 5.32 Å². The van der Waals surface area contributed by atoms with Gasteiger partial charge in [-0.25, -0.2) is 4.39 Å². The maximum Gasteiger partial charge on any atom is 0.132 e. The largest absolute Gasteiger partial charge is 0.315 e. The highest BCUT2D eigenvalue weighted by atomic mass is 32.1. The topological polar surface area (TPSA) is 12.0 Å². The zero-order valence-electron chi connectivity index (χ0n) is 9.38. The van der Waals surface area contributed by atoms with E-state index in [4.69, 9.17) is 0 Å². The normalized spacial score (nSPS) is 10.7. The number of benzene rings is 1. The molecule has 1 aromatic heterocycles. The fourth-order valence-corrected chi connectivity index (χ4v) is 2.66. The number of aryl methyl sites for hydroxylation is 1. The Morgan fingerprint density at radius 3 is 2.75 bits per heavy atom. The Bertz CT molecular complexity index is 490. The Hall–Kier alpha value is -1.19. The minimum absolute atomic E-state index is 0.141. The first kappa shape index (κ1) is 11.3. The molecule has 0 aliphatic heterocycles. The van der Waals surface area contributed by atoms with Crippen molar-refractivity contribution in [3.63, 3.8) is 0 Å². The van der Waals surface area contributed by atoms with Gasteiger partial charge in [-0.2, -0.15) is 0 Å². The van der Waals surface area contributed by atoms with E-state index in [9.17, 15) is 4.39 Å². The van der Waals surface area contributed by atoms with Crippen molar-refractivity contribution in [3.05, 3.63) is 46.6 Å². The van der Waals surface area contributed by atoms with Crippen LogP contribution in [0.2, 0.25) is 0 Å². The average molecular weight is 235 g/mol. The highest BCUT2D eigenvalue weighted by Gasteiger charge is 2.07. The SMILES string of the molecule is CNCc1ccc(-c2ccc(C)cc2F)s1. The Morgan fingerprint density at radius 1 is 1.25 bits per heavy atom. The fourth-order valence-electron chi connectivity index (χ4n) is 1.61. The molecule has 0 unspecified atom stereocenters. The first-order chi connectivity index (χ1) is 7.70. The van der Waals surface area contributed by atoms with Gasteiger partial charge in [0.15, 0.2) is 0 Å². The third-order valence-electron chi connectivity index (χ3n) is 2.40. The molecule has 1 aromatic carbocycles. The van der Waals surface area contributed by atoms with Crippen LogP contribution in [0, 0.1) is 12.7 Å². The third kappa shape index (κ3) is 2.31. The van der Waals surface area contributed by atoms with E-state index in [0.717, 1.165) is 17.0 Å². The molecule has 0 saturated heterocycles. The molecule has 16 heavy (non-hydrogen) atoms. The maximum absolute atomic E-state index is 13.7. The maximum atomic E-state index is 13.7. The second-order valence-electron chi connectivity index (χ2n) is 3.78. The van der Waals surface area contributed by atoms with E-state index in [1.807, 2.05) is 38.2 Å². The average Bonchev–Trinajstić information content (AvgIpc) is 2.67. The van der Waals surface area contributed by atoms with Crippen LogP contribution in [-0.2, 0) is 6.54 Å². The van der Waals surface area contributed by atoms with Crippen molar-refractivity contribution in [2.75, 3.05) is 7.05 Å².